The normalized spacial score (nSPS) is 14.2. The summed E-state index contributed by atoms with van der Waals surface area (Å²) < 4.78 is 5.56. The van der Waals surface area contributed by atoms with Gasteiger partial charge in [0.15, 0.2) is 0 Å². The molecular weight excluding hydrogens is 160 g/mol. The standard InChI is InChI=1S/C12H9O/c1-2-4-11-9(3-1)5-6-10-7-8-13-12(10)11/h1-7H,8H2. The number of rotatable bonds is 0. The average molecular weight is 169 g/mol. The Bertz CT molecular complexity index is 460. The summed E-state index contributed by atoms with van der Waals surface area (Å²) in [5, 5.41) is 2.46. The predicted octanol–water partition coefficient (Wildman–Crippen LogP) is 2.78. The second-order valence-electron chi connectivity index (χ2n) is 3.22. The molecule has 1 heterocycles. The van der Waals surface area contributed by atoms with Crippen LogP contribution in [0.1, 0.15) is 5.56 Å². The van der Waals surface area contributed by atoms with E-state index in [0.717, 1.165) is 5.75 Å². The summed E-state index contributed by atoms with van der Waals surface area (Å²) in [6, 6.07) is 12.6. The number of benzene rings is 2. The molecular formula is C12H9O. The highest BCUT2D eigenvalue weighted by molar-refractivity contribution is 5.90. The first-order valence-electron chi connectivity index (χ1n) is 4.43. The van der Waals surface area contributed by atoms with E-state index in [2.05, 4.69) is 30.7 Å². The molecule has 1 aliphatic heterocycles. The molecule has 3 rings (SSSR count). The van der Waals surface area contributed by atoms with Crippen LogP contribution in [-0.4, -0.2) is 6.61 Å². The number of hydrogen-bond donors (Lipinski definition) is 0. The fraction of sp³-hybridized carbons (Fsp3) is 0.0833. The van der Waals surface area contributed by atoms with Crippen molar-refractivity contribution in [3.05, 3.63) is 48.4 Å². The molecule has 1 radical (unpaired) electrons. The molecule has 1 heteroatoms. The van der Waals surface area contributed by atoms with E-state index in [-0.39, 0.29) is 0 Å². The van der Waals surface area contributed by atoms with Crippen LogP contribution < -0.4 is 4.74 Å². The first kappa shape index (κ1) is 6.96. The number of ether oxygens (including phenoxy) is 1. The molecule has 0 unspecified atom stereocenters. The molecule has 0 fully saturated rings. The van der Waals surface area contributed by atoms with E-state index in [1.54, 1.807) is 0 Å². The second-order valence-corrected chi connectivity index (χ2v) is 3.22. The molecule has 0 saturated carbocycles. The maximum absolute atomic E-state index is 5.56. The van der Waals surface area contributed by atoms with Crippen LogP contribution in [0.25, 0.3) is 10.8 Å². The van der Waals surface area contributed by atoms with E-state index < -0.39 is 0 Å². The average Bonchev–Trinajstić information content (AvgIpc) is 2.65. The molecule has 63 valence electrons. The smallest absolute Gasteiger partial charge is 0.130 e. The lowest BCUT2D eigenvalue weighted by atomic mass is 10.1. The Labute approximate surface area is 77.0 Å². The molecule has 1 nitrogen and oxygen atoms in total. The van der Waals surface area contributed by atoms with Crippen molar-refractivity contribution in [2.45, 2.75) is 0 Å². The largest absolute Gasteiger partial charge is 0.492 e. The summed E-state index contributed by atoms with van der Waals surface area (Å²) in [6.45, 7) is 0.712. The van der Waals surface area contributed by atoms with Crippen LogP contribution in [0.4, 0.5) is 0 Å². The van der Waals surface area contributed by atoms with Gasteiger partial charge in [-0.25, -0.2) is 0 Å². The molecule has 0 N–H and O–H groups in total. The van der Waals surface area contributed by atoms with Crippen molar-refractivity contribution >= 4 is 10.8 Å². The minimum Gasteiger partial charge on any atom is -0.492 e. The number of fused-ring (bicyclic) bond motifs is 3. The summed E-state index contributed by atoms with van der Waals surface area (Å²) >= 11 is 0. The van der Waals surface area contributed by atoms with Gasteiger partial charge in [-0.1, -0.05) is 36.4 Å². The Morgan fingerprint density at radius 1 is 1.00 bits per heavy atom. The zero-order chi connectivity index (χ0) is 8.67. The molecule has 0 bridgehead atoms. The summed E-state index contributed by atoms with van der Waals surface area (Å²) in [6.07, 6.45) is 2.11. The van der Waals surface area contributed by atoms with E-state index in [1.807, 2.05) is 12.1 Å². The van der Waals surface area contributed by atoms with E-state index >= 15 is 0 Å². The van der Waals surface area contributed by atoms with Gasteiger partial charge in [0.25, 0.3) is 0 Å². The van der Waals surface area contributed by atoms with Gasteiger partial charge in [0.1, 0.15) is 5.75 Å². The van der Waals surface area contributed by atoms with E-state index in [1.165, 1.54) is 16.3 Å². The SMILES string of the molecule is [CH]1COc2c1ccc1ccccc21. The van der Waals surface area contributed by atoms with E-state index in [9.17, 15) is 0 Å². The Kier molecular flexibility index (Phi) is 1.33. The van der Waals surface area contributed by atoms with Gasteiger partial charge < -0.3 is 4.74 Å². The van der Waals surface area contributed by atoms with Crippen molar-refractivity contribution in [3.8, 4) is 5.75 Å². The molecule has 0 atom stereocenters. The highest BCUT2D eigenvalue weighted by atomic mass is 16.5. The molecule has 2 aromatic rings. The zero-order valence-electron chi connectivity index (χ0n) is 7.16. The Balaban J connectivity index is 2.43. The van der Waals surface area contributed by atoms with Gasteiger partial charge in [-0.15, -0.1) is 0 Å². The van der Waals surface area contributed by atoms with E-state index in [0.29, 0.717) is 6.61 Å². The van der Waals surface area contributed by atoms with Crippen molar-refractivity contribution in [3.63, 3.8) is 0 Å². The molecule has 0 spiro atoms. The first-order valence-corrected chi connectivity index (χ1v) is 4.43. The van der Waals surface area contributed by atoms with Gasteiger partial charge in [0.2, 0.25) is 0 Å². The lowest BCUT2D eigenvalue weighted by molar-refractivity contribution is 0.381. The molecule has 1 aliphatic rings. The van der Waals surface area contributed by atoms with Crippen LogP contribution in [0, 0.1) is 6.42 Å². The Morgan fingerprint density at radius 3 is 2.92 bits per heavy atom. The molecule has 0 aromatic heterocycles. The van der Waals surface area contributed by atoms with Gasteiger partial charge in [0.05, 0.1) is 6.61 Å². The third-order valence-corrected chi connectivity index (χ3v) is 2.44. The van der Waals surface area contributed by atoms with Crippen LogP contribution in [0.3, 0.4) is 0 Å². The molecule has 0 aliphatic carbocycles. The third-order valence-electron chi connectivity index (χ3n) is 2.44. The lowest BCUT2D eigenvalue weighted by Crippen LogP contribution is -1.85. The quantitative estimate of drug-likeness (QED) is 0.589. The highest BCUT2D eigenvalue weighted by Crippen LogP contribution is 2.34. The fourth-order valence-corrected chi connectivity index (χ4v) is 1.80. The van der Waals surface area contributed by atoms with Crippen molar-refractivity contribution in [2.75, 3.05) is 6.61 Å². The minimum atomic E-state index is 0.712. The summed E-state index contributed by atoms with van der Waals surface area (Å²) in [5.74, 6) is 1.04. The van der Waals surface area contributed by atoms with Crippen molar-refractivity contribution in [2.24, 2.45) is 0 Å². The number of hydrogen-bond acceptors (Lipinski definition) is 1. The topological polar surface area (TPSA) is 9.23 Å². The van der Waals surface area contributed by atoms with Gasteiger partial charge in [-0.2, -0.15) is 0 Å². The summed E-state index contributed by atoms with van der Waals surface area (Å²) in [5.41, 5.74) is 1.22. The highest BCUT2D eigenvalue weighted by Gasteiger charge is 2.14. The van der Waals surface area contributed by atoms with Crippen molar-refractivity contribution < 1.29 is 4.74 Å². The lowest BCUT2D eigenvalue weighted by Gasteiger charge is -2.03. The molecule has 13 heavy (non-hydrogen) atoms. The van der Waals surface area contributed by atoms with Crippen LogP contribution in [-0.2, 0) is 0 Å². The Hall–Kier alpha value is -1.50. The van der Waals surface area contributed by atoms with E-state index in [4.69, 9.17) is 4.74 Å². The van der Waals surface area contributed by atoms with Gasteiger partial charge >= 0.3 is 0 Å². The maximum atomic E-state index is 5.56. The van der Waals surface area contributed by atoms with Gasteiger partial charge in [-0.05, 0) is 5.39 Å². The molecule has 2 aromatic carbocycles. The molecule has 0 amide bonds. The van der Waals surface area contributed by atoms with Crippen molar-refractivity contribution in [1.29, 1.82) is 0 Å². The zero-order valence-corrected chi connectivity index (χ0v) is 7.16. The third kappa shape index (κ3) is 0.934. The van der Waals surface area contributed by atoms with Crippen LogP contribution in [0.2, 0.25) is 0 Å². The first-order chi connectivity index (χ1) is 6.45. The van der Waals surface area contributed by atoms with Gasteiger partial charge in [-0.3, -0.25) is 0 Å². The van der Waals surface area contributed by atoms with Gasteiger partial charge in [0, 0.05) is 17.4 Å². The second kappa shape index (κ2) is 2.49. The predicted molar refractivity (Wildman–Crippen MR) is 52.8 cm³/mol. The van der Waals surface area contributed by atoms with Crippen molar-refractivity contribution in [1.82, 2.24) is 0 Å². The fourth-order valence-electron chi connectivity index (χ4n) is 1.80. The maximum Gasteiger partial charge on any atom is 0.130 e. The van der Waals surface area contributed by atoms with Crippen LogP contribution >= 0.6 is 0 Å². The minimum absolute atomic E-state index is 0.712. The van der Waals surface area contributed by atoms with Crippen LogP contribution in [0.5, 0.6) is 5.75 Å². The van der Waals surface area contributed by atoms with Crippen LogP contribution in [0.15, 0.2) is 36.4 Å². The summed E-state index contributed by atoms with van der Waals surface area (Å²) in [7, 11) is 0. The molecule has 0 saturated heterocycles. The monoisotopic (exact) mass is 169 g/mol. The summed E-state index contributed by atoms with van der Waals surface area (Å²) in [4.78, 5) is 0. The Morgan fingerprint density at radius 2 is 1.92 bits per heavy atom.